The van der Waals surface area contributed by atoms with E-state index in [1.54, 1.807) is 0 Å². The summed E-state index contributed by atoms with van der Waals surface area (Å²) in [5.41, 5.74) is 7.03. The number of hydrogen-bond acceptors (Lipinski definition) is 2. The van der Waals surface area contributed by atoms with E-state index in [9.17, 15) is 0 Å². The monoisotopic (exact) mass is 192 g/mol. The van der Waals surface area contributed by atoms with Crippen molar-refractivity contribution in [1.29, 1.82) is 0 Å². The molecular formula is C12H20N2. The Bertz CT molecular complexity index is 244. The molecule has 0 saturated carbocycles. The first-order valence-electron chi connectivity index (χ1n) is 5.29. The van der Waals surface area contributed by atoms with E-state index in [1.807, 2.05) is 18.2 Å². The number of hydrogen-bond donors (Lipinski definition) is 2. The lowest BCUT2D eigenvalue weighted by atomic mass is 9.92. The van der Waals surface area contributed by atoms with Crippen LogP contribution in [0.4, 0.5) is 5.69 Å². The zero-order valence-corrected chi connectivity index (χ0v) is 9.09. The van der Waals surface area contributed by atoms with Gasteiger partial charge in [-0.3, -0.25) is 0 Å². The molecule has 3 N–H and O–H groups in total. The second-order valence-corrected chi connectivity index (χ2v) is 3.68. The summed E-state index contributed by atoms with van der Waals surface area (Å²) in [5, 5.41) is 3.52. The molecule has 1 aromatic rings. The van der Waals surface area contributed by atoms with Crippen LogP contribution in [0.1, 0.15) is 26.7 Å². The molecule has 0 fully saturated rings. The van der Waals surface area contributed by atoms with Gasteiger partial charge in [-0.15, -0.1) is 0 Å². The smallest absolute Gasteiger partial charge is 0.0490 e. The summed E-state index contributed by atoms with van der Waals surface area (Å²) in [6.07, 6.45) is 2.10. The fourth-order valence-electron chi connectivity index (χ4n) is 1.59. The van der Waals surface area contributed by atoms with Crippen molar-refractivity contribution in [3.8, 4) is 0 Å². The van der Waals surface area contributed by atoms with Gasteiger partial charge in [0.2, 0.25) is 0 Å². The third-order valence-corrected chi connectivity index (χ3v) is 2.93. The minimum atomic E-state index is 0.0569. The molecule has 2 heteroatoms. The molecule has 0 radical (unpaired) electrons. The highest BCUT2D eigenvalue weighted by Crippen LogP contribution is 2.20. The summed E-state index contributed by atoms with van der Waals surface area (Å²) in [5.74, 6) is 0. The van der Waals surface area contributed by atoms with E-state index < -0.39 is 0 Å². The number of anilines is 1. The second kappa shape index (κ2) is 5.01. The van der Waals surface area contributed by atoms with E-state index >= 15 is 0 Å². The summed E-state index contributed by atoms with van der Waals surface area (Å²) >= 11 is 0. The van der Waals surface area contributed by atoms with Gasteiger partial charge in [0.25, 0.3) is 0 Å². The van der Waals surface area contributed by atoms with Crippen LogP contribution in [-0.4, -0.2) is 12.1 Å². The minimum absolute atomic E-state index is 0.0569. The molecule has 0 aromatic heterocycles. The molecule has 14 heavy (non-hydrogen) atoms. The van der Waals surface area contributed by atoms with Crippen LogP contribution in [0.2, 0.25) is 0 Å². The van der Waals surface area contributed by atoms with Crippen LogP contribution in [0.3, 0.4) is 0 Å². The molecule has 78 valence electrons. The van der Waals surface area contributed by atoms with Gasteiger partial charge in [0, 0.05) is 17.8 Å². The van der Waals surface area contributed by atoms with Crippen LogP contribution in [0.5, 0.6) is 0 Å². The van der Waals surface area contributed by atoms with E-state index in [4.69, 9.17) is 5.73 Å². The van der Waals surface area contributed by atoms with Gasteiger partial charge in [0.15, 0.2) is 0 Å². The molecule has 1 aromatic carbocycles. The van der Waals surface area contributed by atoms with Crippen LogP contribution >= 0.6 is 0 Å². The van der Waals surface area contributed by atoms with Crippen molar-refractivity contribution < 1.29 is 0 Å². The maximum atomic E-state index is 5.81. The van der Waals surface area contributed by atoms with Crippen LogP contribution in [0.25, 0.3) is 0 Å². The van der Waals surface area contributed by atoms with Crippen molar-refractivity contribution in [3.63, 3.8) is 0 Å². The zero-order valence-electron chi connectivity index (χ0n) is 9.09. The fourth-order valence-corrected chi connectivity index (χ4v) is 1.59. The van der Waals surface area contributed by atoms with Crippen molar-refractivity contribution in [2.45, 2.75) is 32.2 Å². The minimum Gasteiger partial charge on any atom is -0.378 e. The summed E-state index contributed by atoms with van der Waals surface area (Å²) in [6, 6.07) is 10.3. The summed E-state index contributed by atoms with van der Waals surface area (Å²) in [6.45, 7) is 5.02. The molecule has 0 amide bonds. The van der Waals surface area contributed by atoms with Crippen LogP contribution in [-0.2, 0) is 0 Å². The molecule has 0 spiro atoms. The van der Waals surface area contributed by atoms with Gasteiger partial charge in [-0.05, 0) is 25.0 Å². The molecule has 0 bridgehead atoms. The molecule has 0 unspecified atom stereocenters. The first-order chi connectivity index (χ1) is 6.76. The van der Waals surface area contributed by atoms with Gasteiger partial charge in [-0.25, -0.2) is 0 Å². The molecular weight excluding hydrogens is 172 g/mol. The van der Waals surface area contributed by atoms with Gasteiger partial charge in [-0.1, -0.05) is 32.0 Å². The number of para-hydroxylation sites is 1. The van der Waals surface area contributed by atoms with Gasteiger partial charge in [0.05, 0.1) is 0 Å². The average molecular weight is 192 g/mol. The summed E-state index contributed by atoms with van der Waals surface area (Å²) in [4.78, 5) is 0. The molecule has 0 aliphatic rings. The quantitative estimate of drug-likeness (QED) is 0.752. The van der Waals surface area contributed by atoms with Gasteiger partial charge in [-0.2, -0.15) is 0 Å². The highest BCUT2D eigenvalue weighted by Gasteiger charge is 2.23. The maximum Gasteiger partial charge on any atom is 0.0490 e. The molecule has 0 aliphatic heterocycles. The van der Waals surface area contributed by atoms with Crippen molar-refractivity contribution in [2.24, 2.45) is 5.73 Å². The number of benzene rings is 1. The Morgan fingerprint density at radius 2 is 1.71 bits per heavy atom. The molecule has 2 nitrogen and oxygen atoms in total. The third kappa shape index (κ3) is 2.48. The lowest BCUT2D eigenvalue weighted by molar-refractivity contribution is 0.445. The van der Waals surface area contributed by atoms with E-state index in [2.05, 4.69) is 31.3 Å². The van der Waals surface area contributed by atoms with Crippen LogP contribution in [0, 0.1) is 0 Å². The average Bonchev–Trinajstić information content (AvgIpc) is 2.28. The maximum absolute atomic E-state index is 5.81. The van der Waals surface area contributed by atoms with Crippen molar-refractivity contribution in [1.82, 2.24) is 0 Å². The van der Waals surface area contributed by atoms with Crippen LogP contribution < -0.4 is 11.1 Å². The van der Waals surface area contributed by atoms with E-state index in [0.29, 0.717) is 6.54 Å². The van der Waals surface area contributed by atoms with Crippen molar-refractivity contribution in [2.75, 3.05) is 11.9 Å². The Hall–Kier alpha value is -1.02. The standard InChI is InChI=1S/C12H20N2/c1-3-12(4-2,10-13)14-11-8-6-5-7-9-11/h5-9,14H,3-4,10,13H2,1-2H3. The Balaban J connectivity index is 2.74. The van der Waals surface area contributed by atoms with Gasteiger partial charge in [0.1, 0.15) is 0 Å². The SMILES string of the molecule is CCC(CC)(CN)Nc1ccccc1. The normalized spacial score (nSPS) is 11.4. The molecule has 0 saturated heterocycles. The Labute approximate surface area is 86.5 Å². The predicted octanol–water partition coefficient (Wildman–Crippen LogP) is 2.62. The molecule has 0 heterocycles. The zero-order chi connectivity index (χ0) is 10.4. The Kier molecular flexibility index (Phi) is 3.96. The predicted molar refractivity (Wildman–Crippen MR) is 62.4 cm³/mol. The molecule has 0 aliphatic carbocycles. The van der Waals surface area contributed by atoms with Gasteiger partial charge < -0.3 is 11.1 Å². The number of nitrogens with two attached hydrogens (primary N) is 1. The van der Waals surface area contributed by atoms with Crippen molar-refractivity contribution >= 4 is 5.69 Å². The first kappa shape index (κ1) is 11.1. The Morgan fingerprint density at radius 3 is 2.14 bits per heavy atom. The van der Waals surface area contributed by atoms with Crippen LogP contribution in [0.15, 0.2) is 30.3 Å². The third-order valence-electron chi connectivity index (χ3n) is 2.93. The largest absolute Gasteiger partial charge is 0.378 e. The second-order valence-electron chi connectivity index (χ2n) is 3.68. The molecule has 1 rings (SSSR count). The van der Waals surface area contributed by atoms with Crippen molar-refractivity contribution in [3.05, 3.63) is 30.3 Å². The number of rotatable bonds is 5. The highest BCUT2D eigenvalue weighted by molar-refractivity contribution is 5.45. The van der Waals surface area contributed by atoms with E-state index in [0.717, 1.165) is 18.5 Å². The Morgan fingerprint density at radius 1 is 1.14 bits per heavy atom. The highest BCUT2D eigenvalue weighted by atomic mass is 15.0. The topological polar surface area (TPSA) is 38.0 Å². The summed E-state index contributed by atoms with van der Waals surface area (Å²) < 4.78 is 0. The van der Waals surface area contributed by atoms with Gasteiger partial charge >= 0.3 is 0 Å². The fraction of sp³-hybridized carbons (Fsp3) is 0.500. The molecule has 0 atom stereocenters. The van der Waals surface area contributed by atoms with E-state index in [-0.39, 0.29) is 5.54 Å². The number of nitrogens with one attached hydrogen (secondary N) is 1. The lowest BCUT2D eigenvalue weighted by Crippen LogP contribution is -2.44. The lowest BCUT2D eigenvalue weighted by Gasteiger charge is -2.32. The summed E-state index contributed by atoms with van der Waals surface area (Å²) in [7, 11) is 0. The van der Waals surface area contributed by atoms with E-state index in [1.165, 1.54) is 0 Å². The first-order valence-corrected chi connectivity index (χ1v) is 5.29.